The molecule has 1 aromatic rings. The van der Waals surface area contributed by atoms with Crippen LogP contribution < -0.4 is 0 Å². The highest BCUT2D eigenvalue weighted by Gasteiger charge is 2.32. The summed E-state index contributed by atoms with van der Waals surface area (Å²) >= 11 is 7.56. The Balaban J connectivity index is 2.14. The lowest BCUT2D eigenvalue weighted by Crippen LogP contribution is -2.28. The summed E-state index contributed by atoms with van der Waals surface area (Å²) in [5, 5.41) is 2.96. The van der Waals surface area contributed by atoms with E-state index in [9.17, 15) is 4.79 Å². The topological polar surface area (TPSA) is 33.2 Å². The predicted octanol–water partition coefficient (Wildman–Crippen LogP) is 2.35. The molecule has 0 aromatic carbocycles. The Bertz CT molecular complexity index is 379. The molecule has 1 amide bonds. The van der Waals surface area contributed by atoms with Crippen LogP contribution in [-0.2, 0) is 4.79 Å². The first-order chi connectivity index (χ1) is 7.08. The van der Waals surface area contributed by atoms with Crippen LogP contribution in [0.2, 0.25) is 0 Å². The molecule has 3 nitrogen and oxygen atoms in total. The number of nitrogens with zero attached hydrogens (tertiary/aromatic N) is 2. The minimum atomic E-state index is -0.0407. The van der Waals surface area contributed by atoms with Crippen LogP contribution in [0, 0.1) is 6.92 Å². The number of hydrogen-bond donors (Lipinski definition) is 0. The minimum Gasteiger partial charge on any atom is -0.332 e. The molecular formula is C10H13ClN2OS. The van der Waals surface area contributed by atoms with E-state index in [0.717, 1.165) is 10.7 Å². The number of aryl methyl sites for hydroxylation is 1. The molecule has 0 bridgehead atoms. The van der Waals surface area contributed by atoms with Gasteiger partial charge in [-0.1, -0.05) is 0 Å². The molecule has 0 N–H and O–H groups in total. The van der Waals surface area contributed by atoms with Crippen molar-refractivity contribution in [3.63, 3.8) is 0 Å². The number of hydrogen-bond acceptors (Lipinski definition) is 3. The second-order valence-electron chi connectivity index (χ2n) is 3.85. The second-order valence-corrected chi connectivity index (χ2v) is 5.36. The number of halogens is 1. The van der Waals surface area contributed by atoms with Crippen molar-refractivity contribution in [3.8, 4) is 0 Å². The monoisotopic (exact) mass is 244 g/mol. The molecule has 0 radical (unpaired) electrons. The molecule has 15 heavy (non-hydrogen) atoms. The smallest absolute Gasteiger partial charge is 0.224 e. The van der Waals surface area contributed by atoms with Gasteiger partial charge in [0, 0.05) is 24.0 Å². The SMILES string of the molecule is Cc1csc(C(C)N2CC(Cl)CC2=O)n1. The molecule has 2 atom stereocenters. The van der Waals surface area contributed by atoms with Crippen molar-refractivity contribution in [1.29, 1.82) is 0 Å². The van der Waals surface area contributed by atoms with Crippen molar-refractivity contribution in [3.05, 3.63) is 16.1 Å². The molecule has 0 saturated carbocycles. The minimum absolute atomic E-state index is 0.0407. The summed E-state index contributed by atoms with van der Waals surface area (Å²) in [5.74, 6) is 0.135. The third-order valence-electron chi connectivity index (χ3n) is 2.57. The second kappa shape index (κ2) is 4.10. The maximum Gasteiger partial charge on any atom is 0.224 e. The van der Waals surface area contributed by atoms with Gasteiger partial charge >= 0.3 is 0 Å². The van der Waals surface area contributed by atoms with Crippen LogP contribution in [0.25, 0.3) is 0 Å². The van der Waals surface area contributed by atoms with Crippen LogP contribution in [0.1, 0.15) is 30.1 Å². The zero-order valence-corrected chi connectivity index (χ0v) is 10.3. The standard InChI is InChI=1S/C10H13ClN2OS/c1-6-5-15-10(12-6)7(2)13-4-8(11)3-9(13)14/h5,7-8H,3-4H2,1-2H3. The lowest BCUT2D eigenvalue weighted by atomic mass is 10.3. The molecular weight excluding hydrogens is 232 g/mol. The Morgan fingerprint density at radius 2 is 2.47 bits per heavy atom. The Labute approximate surface area is 98.1 Å². The summed E-state index contributed by atoms with van der Waals surface area (Å²) in [6, 6.07) is 0.0555. The van der Waals surface area contributed by atoms with Gasteiger partial charge in [-0.15, -0.1) is 22.9 Å². The number of amides is 1. The highest BCUT2D eigenvalue weighted by Crippen LogP contribution is 2.29. The fraction of sp³-hybridized carbons (Fsp3) is 0.600. The molecule has 1 aliphatic heterocycles. The first kappa shape index (κ1) is 10.9. The van der Waals surface area contributed by atoms with E-state index in [-0.39, 0.29) is 17.3 Å². The van der Waals surface area contributed by atoms with Gasteiger partial charge in [-0.3, -0.25) is 4.79 Å². The maximum absolute atomic E-state index is 11.6. The summed E-state index contributed by atoms with van der Waals surface area (Å²) < 4.78 is 0. The lowest BCUT2D eigenvalue weighted by molar-refractivity contribution is -0.129. The summed E-state index contributed by atoms with van der Waals surface area (Å²) in [5.41, 5.74) is 1.01. The fourth-order valence-electron chi connectivity index (χ4n) is 1.76. The molecule has 0 aliphatic carbocycles. The van der Waals surface area contributed by atoms with Crippen LogP contribution in [0.5, 0.6) is 0 Å². The normalized spacial score (nSPS) is 23.5. The Morgan fingerprint density at radius 1 is 1.73 bits per heavy atom. The Kier molecular flexibility index (Phi) is 2.98. The number of carbonyl (C=O) groups excluding carboxylic acids is 1. The summed E-state index contributed by atoms with van der Waals surface area (Å²) in [6.07, 6.45) is 0.455. The Hall–Kier alpha value is -0.610. The quantitative estimate of drug-likeness (QED) is 0.749. The number of alkyl halides is 1. The fourth-order valence-corrected chi connectivity index (χ4v) is 2.90. The summed E-state index contributed by atoms with van der Waals surface area (Å²) in [6.45, 7) is 4.61. The zero-order chi connectivity index (χ0) is 11.0. The number of thiazole rings is 1. The van der Waals surface area contributed by atoms with E-state index in [4.69, 9.17) is 11.6 Å². The van der Waals surface area contributed by atoms with Crippen molar-refractivity contribution in [2.45, 2.75) is 31.7 Å². The molecule has 1 aliphatic rings. The van der Waals surface area contributed by atoms with Gasteiger partial charge in [-0.2, -0.15) is 0 Å². The molecule has 1 fully saturated rings. The molecule has 1 saturated heterocycles. The van der Waals surface area contributed by atoms with E-state index < -0.39 is 0 Å². The van der Waals surface area contributed by atoms with E-state index in [2.05, 4.69) is 4.98 Å². The first-order valence-electron chi connectivity index (χ1n) is 4.93. The van der Waals surface area contributed by atoms with Gasteiger partial charge < -0.3 is 4.90 Å². The number of carbonyl (C=O) groups is 1. The Morgan fingerprint density at radius 3 is 2.93 bits per heavy atom. The molecule has 2 heterocycles. The van der Waals surface area contributed by atoms with E-state index >= 15 is 0 Å². The average Bonchev–Trinajstić information content (AvgIpc) is 2.71. The zero-order valence-electron chi connectivity index (χ0n) is 8.74. The molecule has 2 unspecified atom stereocenters. The first-order valence-corrected chi connectivity index (χ1v) is 6.25. The molecule has 5 heteroatoms. The van der Waals surface area contributed by atoms with Crippen LogP contribution in [0.3, 0.4) is 0 Å². The maximum atomic E-state index is 11.6. The lowest BCUT2D eigenvalue weighted by Gasteiger charge is -2.22. The van der Waals surface area contributed by atoms with Gasteiger partial charge in [0.15, 0.2) is 0 Å². The van der Waals surface area contributed by atoms with Gasteiger partial charge in [-0.05, 0) is 13.8 Å². The largest absolute Gasteiger partial charge is 0.332 e. The molecule has 2 rings (SSSR count). The van der Waals surface area contributed by atoms with Gasteiger partial charge in [-0.25, -0.2) is 4.98 Å². The van der Waals surface area contributed by atoms with Gasteiger partial charge in [0.1, 0.15) is 5.01 Å². The van der Waals surface area contributed by atoms with Crippen LogP contribution in [-0.4, -0.2) is 27.7 Å². The van der Waals surface area contributed by atoms with Crippen molar-refractivity contribution >= 4 is 28.8 Å². The van der Waals surface area contributed by atoms with E-state index in [1.165, 1.54) is 0 Å². The average molecular weight is 245 g/mol. The van der Waals surface area contributed by atoms with Crippen molar-refractivity contribution < 1.29 is 4.79 Å². The van der Waals surface area contributed by atoms with Crippen molar-refractivity contribution in [2.24, 2.45) is 0 Å². The third-order valence-corrected chi connectivity index (χ3v) is 4.00. The third kappa shape index (κ3) is 2.16. The number of likely N-dealkylation sites (tertiary alicyclic amines) is 1. The van der Waals surface area contributed by atoms with Gasteiger partial charge in [0.05, 0.1) is 11.4 Å². The van der Waals surface area contributed by atoms with Crippen LogP contribution >= 0.6 is 22.9 Å². The molecule has 1 aromatic heterocycles. The van der Waals surface area contributed by atoms with Gasteiger partial charge in [0.2, 0.25) is 5.91 Å². The summed E-state index contributed by atoms with van der Waals surface area (Å²) in [7, 11) is 0. The highest BCUT2D eigenvalue weighted by atomic mass is 35.5. The molecule has 0 spiro atoms. The van der Waals surface area contributed by atoms with E-state index in [0.29, 0.717) is 13.0 Å². The number of rotatable bonds is 2. The van der Waals surface area contributed by atoms with Crippen molar-refractivity contribution in [1.82, 2.24) is 9.88 Å². The van der Waals surface area contributed by atoms with Crippen molar-refractivity contribution in [2.75, 3.05) is 6.54 Å². The van der Waals surface area contributed by atoms with Crippen LogP contribution in [0.4, 0.5) is 0 Å². The van der Waals surface area contributed by atoms with E-state index in [1.54, 1.807) is 11.3 Å². The highest BCUT2D eigenvalue weighted by molar-refractivity contribution is 7.09. The van der Waals surface area contributed by atoms with Gasteiger partial charge in [0.25, 0.3) is 0 Å². The number of aromatic nitrogens is 1. The summed E-state index contributed by atoms with van der Waals surface area (Å²) in [4.78, 5) is 17.8. The predicted molar refractivity (Wildman–Crippen MR) is 61.2 cm³/mol. The molecule has 82 valence electrons. The van der Waals surface area contributed by atoms with Crippen LogP contribution in [0.15, 0.2) is 5.38 Å². The van der Waals surface area contributed by atoms with E-state index in [1.807, 2.05) is 24.1 Å².